The molecule has 1 aromatic rings. The fourth-order valence-corrected chi connectivity index (χ4v) is 10.7. The maximum atomic E-state index is 14.6. The van der Waals surface area contributed by atoms with Gasteiger partial charge in [-0.15, -0.1) is 0 Å². The van der Waals surface area contributed by atoms with Crippen LogP contribution in [0.2, 0.25) is 0 Å². The third-order valence-electron chi connectivity index (χ3n) is 14.8. The molecule has 0 radical (unpaired) electrons. The number of nitrogens with one attached hydrogen (secondary N) is 4. The quantitative estimate of drug-likeness (QED) is 0.0732. The fraction of sp³-hybridized carbons (Fsp3) is 0.768. The lowest BCUT2D eigenvalue weighted by Crippen LogP contribution is -2.59. The molecule has 2 aliphatic rings. The van der Waals surface area contributed by atoms with Crippen molar-refractivity contribution in [3.05, 3.63) is 35.9 Å². The first-order valence-electron chi connectivity index (χ1n) is 27.4. The number of unbranched alkanes of at least 4 members (excludes halogenated alkanes) is 3. The highest BCUT2D eigenvalue weighted by Gasteiger charge is 2.44. The van der Waals surface area contributed by atoms with E-state index in [4.69, 9.17) is 14.2 Å². The van der Waals surface area contributed by atoms with Crippen molar-refractivity contribution in [2.24, 2.45) is 23.7 Å². The number of nitrogens with zero attached hydrogens (tertiary/aromatic N) is 4. The van der Waals surface area contributed by atoms with E-state index in [9.17, 15) is 33.6 Å². The van der Waals surface area contributed by atoms with Crippen LogP contribution >= 0.6 is 0 Å². The summed E-state index contributed by atoms with van der Waals surface area (Å²) in [6, 6.07) is 5.62. The van der Waals surface area contributed by atoms with Crippen LogP contribution in [0.15, 0.2) is 30.3 Å². The van der Waals surface area contributed by atoms with Crippen molar-refractivity contribution < 1.29 is 47.8 Å². The van der Waals surface area contributed by atoms with Crippen LogP contribution < -0.4 is 21.3 Å². The van der Waals surface area contributed by atoms with E-state index >= 15 is 0 Å². The summed E-state index contributed by atoms with van der Waals surface area (Å²) in [5.74, 6) is -2.68. The second-order valence-corrected chi connectivity index (χ2v) is 22.5. The summed E-state index contributed by atoms with van der Waals surface area (Å²) in [7, 11) is 8.50. The number of benzene rings is 1. The first-order valence-corrected chi connectivity index (χ1v) is 27.4. The van der Waals surface area contributed by atoms with Gasteiger partial charge < -0.3 is 50.2 Å². The number of likely N-dealkylation sites (tertiary alicyclic amines) is 2. The highest BCUT2D eigenvalue weighted by atomic mass is 16.6. The molecule has 0 saturated carbocycles. The Balaban J connectivity index is 1.73. The number of likely N-dealkylation sites (N-methyl/N-ethyl adjacent to an activating group) is 2. The van der Waals surface area contributed by atoms with Crippen molar-refractivity contribution in [3.63, 3.8) is 0 Å². The maximum Gasteiger partial charge on any atom is 0.407 e. The van der Waals surface area contributed by atoms with Crippen LogP contribution in [0.5, 0.6) is 0 Å². The zero-order chi connectivity index (χ0) is 55.4. The SMILES string of the molecule is CCC(C)C(C(CC(=O)N1CCCC1C(OC)C(C)C(=O)N[C@@H](Cc1ccccc1)C(=O)N1CCC[C@@H]1C(=O)NCCCCCCNC(=O)OC(C)(C)C)OC)N(C)C(=O)[C@@H](NC(=O)C(C(C)C)N(C)C)C(C)C. The summed E-state index contributed by atoms with van der Waals surface area (Å²) in [6.45, 7) is 20.8. The zero-order valence-electron chi connectivity index (χ0n) is 47.8. The molecule has 18 nitrogen and oxygen atoms in total. The molecule has 0 aliphatic carbocycles. The van der Waals surface area contributed by atoms with Crippen LogP contribution in [0, 0.1) is 23.7 Å². The molecular formula is C56H96N8O10. The Bertz CT molecular complexity index is 1940. The van der Waals surface area contributed by atoms with E-state index in [2.05, 4.69) is 21.3 Å². The predicted molar refractivity (Wildman–Crippen MR) is 288 cm³/mol. The van der Waals surface area contributed by atoms with E-state index in [0.29, 0.717) is 58.3 Å². The number of hydrogen-bond acceptors (Lipinski definition) is 11. The smallest absolute Gasteiger partial charge is 0.407 e. The van der Waals surface area contributed by atoms with Crippen molar-refractivity contribution in [3.8, 4) is 0 Å². The normalized spacial score (nSPS) is 19.3. The van der Waals surface area contributed by atoms with Gasteiger partial charge in [-0.3, -0.25) is 33.7 Å². The van der Waals surface area contributed by atoms with Gasteiger partial charge in [-0.2, -0.15) is 0 Å². The highest BCUT2D eigenvalue weighted by Crippen LogP contribution is 2.30. The largest absolute Gasteiger partial charge is 0.444 e. The number of rotatable bonds is 29. The van der Waals surface area contributed by atoms with E-state index in [0.717, 1.165) is 31.2 Å². The van der Waals surface area contributed by atoms with Crippen molar-refractivity contribution >= 4 is 41.5 Å². The minimum absolute atomic E-state index is 0.0183. The predicted octanol–water partition coefficient (Wildman–Crippen LogP) is 5.55. The first kappa shape index (κ1) is 63.5. The van der Waals surface area contributed by atoms with Crippen molar-refractivity contribution in [1.29, 1.82) is 0 Å². The van der Waals surface area contributed by atoms with E-state index in [1.165, 1.54) is 7.11 Å². The molecule has 74 heavy (non-hydrogen) atoms. The Hall–Kier alpha value is -4.81. The summed E-state index contributed by atoms with van der Waals surface area (Å²) >= 11 is 0. The van der Waals surface area contributed by atoms with E-state index in [1.54, 1.807) is 35.8 Å². The van der Waals surface area contributed by atoms with Gasteiger partial charge in [0, 0.05) is 53.9 Å². The van der Waals surface area contributed by atoms with E-state index in [-0.39, 0.29) is 60.1 Å². The molecule has 10 atom stereocenters. The van der Waals surface area contributed by atoms with Crippen LogP contribution in [0.4, 0.5) is 4.79 Å². The second-order valence-electron chi connectivity index (χ2n) is 22.5. The monoisotopic (exact) mass is 1040 g/mol. The van der Waals surface area contributed by atoms with E-state index < -0.39 is 72.0 Å². The van der Waals surface area contributed by atoms with Crippen LogP contribution in [-0.2, 0) is 49.4 Å². The summed E-state index contributed by atoms with van der Waals surface area (Å²) < 4.78 is 17.5. The Morgan fingerprint density at radius 3 is 1.92 bits per heavy atom. The topological polar surface area (TPSA) is 208 Å². The molecule has 2 fully saturated rings. The fourth-order valence-electron chi connectivity index (χ4n) is 10.7. The Morgan fingerprint density at radius 2 is 1.36 bits per heavy atom. The van der Waals surface area contributed by atoms with Gasteiger partial charge >= 0.3 is 6.09 Å². The molecule has 1 aromatic carbocycles. The van der Waals surface area contributed by atoms with Crippen LogP contribution in [0.1, 0.15) is 139 Å². The van der Waals surface area contributed by atoms with Crippen molar-refractivity contribution in [1.82, 2.24) is 40.9 Å². The van der Waals surface area contributed by atoms with E-state index in [1.807, 2.05) is 112 Å². The van der Waals surface area contributed by atoms with Gasteiger partial charge in [0.15, 0.2) is 0 Å². The minimum Gasteiger partial charge on any atom is -0.444 e. The van der Waals surface area contributed by atoms with Gasteiger partial charge in [0.05, 0.1) is 42.7 Å². The molecule has 0 aromatic heterocycles. The molecule has 420 valence electrons. The molecule has 2 heterocycles. The lowest BCUT2D eigenvalue weighted by molar-refractivity contribution is -0.148. The molecule has 4 N–H and O–H groups in total. The summed E-state index contributed by atoms with van der Waals surface area (Å²) in [5.41, 5.74) is 0.292. The Labute approximate surface area is 443 Å². The molecule has 0 bridgehead atoms. The second kappa shape index (κ2) is 30.7. The zero-order valence-corrected chi connectivity index (χ0v) is 47.8. The average Bonchev–Trinajstić information content (AvgIpc) is 4.04. The summed E-state index contributed by atoms with van der Waals surface area (Å²) in [5, 5.41) is 11.9. The van der Waals surface area contributed by atoms with Crippen molar-refractivity contribution in [2.45, 2.75) is 194 Å². The lowest BCUT2D eigenvalue weighted by Gasteiger charge is -2.41. The third kappa shape index (κ3) is 18.8. The van der Waals surface area contributed by atoms with Crippen LogP contribution in [0.25, 0.3) is 0 Å². The lowest BCUT2D eigenvalue weighted by atomic mass is 9.89. The van der Waals surface area contributed by atoms with Gasteiger partial charge in [0.25, 0.3) is 0 Å². The van der Waals surface area contributed by atoms with Gasteiger partial charge in [-0.25, -0.2) is 4.79 Å². The molecule has 18 heteroatoms. The molecule has 3 rings (SSSR count). The molecule has 0 spiro atoms. The number of methoxy groups -OCH3 is 2. The minimum atomic E-state index is -0.971. The molecular weight excluding hydrogens is 945 g/mol. The number of hydrogen-bond donors (Lipinski definition) is 4. The number of ether oxygens (including phenoxy) is 3. The Morgan fingerprint density at radius 1 is 0.757 bits per heavy atom. The maximum absolute atomic E-state index is 14.6. The average molecular weight is 1040 g/mol. The van der Waals surface area contributed by atoms with Crippen molar-refractivity contribution in [2.75, 3.05) is 61.5 Å². The number of amides is 7. The van der Waals surface area contributed by atoms with Gasteiger partial charge in [0.2, 0.25) is 35.4 Å². The summed E-state index contributed by atoms with van der Waals surface area (Å²) in [6.07, 6.45) is 4.73. The van der Waals surface area contributed by atoms with Crippen LogP contribution in [0.3, 0.4) is 0 Å². The highest BCUT2D eigenvalue weighted by molar-refractivity contribution is 5.93. The Kier molecular flexibility index (Phi) is 26.3. The molecule has 2 aliphatic heterocycles. The molecule has 7 amide bonds. The standard InChI is InChI=1S/C56H96N8O10/c1-16-38(6)48(62(13)54(70)46(36(2)3)60-52(68)47(37(4)5)61(11)12)44(72-14)35-45(65)63-32-24-28-42(63)49(73-15)39(7)50(66)59-41(34-40-26-20-19-21-27-40)53(69)64-33-25-29-43(64)51(67)57-30-22-17-18-23-31-58-55(71)74-56(8,9)10/h19-21,26-27,36-39,41-44,46-49H,16-18,22-25,28-35H2,1-15H3,(H,57,67)(H,58,71)(H,59,66)(H,60,68)/t38?,39?,41-,42?,43+,44?,46-,47?,48?,49?/m0/s1. The number of alkyl carbamates (subject to hydrolysis) is 1. The molecule has 2 saturated heterocycles. The van der Waals surface area contributed by atoms with Crippen LogP contribution in [-0.4, -0.2) is 177 Å². The number of carbonyl (C=O) groups is 7. The summed E-state index contributed by atoms with van der Waals surface area (Å²) in [4.78, 5) is 104. The van der Waals surface area contributed by atoms with Gasteiger partial charge in [-0.1, -0.05) is 98.1 Å². The van der Waals surface area contributed by atoms with Gasteiger partial charge in [0.1, 0.15) is 23.7 Å². The number of carbonyl (C=O) groups excluding carboxylic acids is 7. The molecule has 7 unspecified atom stereocenters. The third-order valence-corrected chi connectivity index (χ3v) is 14.8. The first-order chi connectivity index (χ1) is 34.9. The van der Waals surface area contributed by atoms with Gasteiger partial charge in [-0.05, 0) is 96.7 Å².